The molecule has 34 heavy (non-hydrogen) atoms. The molecule has 0 aliphatic heterocycles. The topological polar surface area (TPSA) is 117 Å². The Morgan fingerprint density at radius 2 is 1.79 bits per heavy atom. The quantitative estimate of drug-likeness (QED) is 0.279. The number of phenolic OH excluding ortho intramolecular Hbond substituents is 1. The zero-order valence-electron chi connectivity index (χ0n) is 18.6. The van der Waals surface area contributed by atoms with Crippen molar-refractivity contribution in [3.05, 3.63) is 98.7 Å². The standard InChI is InChI=1S/C25H22N6O3/c1-15(18-11-5-6-13-20(18)32)28-29-24-26-22-21(23(33)27-25(34)30(22)2)31(24)14-17-10-7-9-16-8-3-4-12-19(16)17/h3-13,32H,14H2,1-2H3,(H,26,29)(H,27,33,34)/b28-15-. The van der Waals surface area contributed by atoms with Gasteiger partial charge in [0.2, 0.25) is 5.95 Å². The summed E-state index contributed by atoms with van der Waals surface area (Å²) in [5.41, 5.74) is 4.44. The second kappa shape index (κ2) is 8.36. The van der Waals surface area contributed by atoms with Crippen LogP contribution in [-0.4, -0.2) is 29.9 Å². The first-order chi connectivity index (χ1) is 16.4. The predicted molar refractivity (Wildman–Crippen MR) is 133 cm³/mol. The van der Waals surface area contributed by atoms with Crippen molar-refractivity contribution in [3.8, 4) is 5.75 Å². The molecule has 2 heterocycles. The van der Waals surface area contributed by atoms with Crippen LogP contribution in [0.25, 0.3) is 21.9 Å². The summed E-state index contributed by atoms with van der Waals surface area (Å²) in [5, 5.41) is 16.7. The highest BCUT2D eigenvalue weighted by Gasteiger charge is 2.18. The van der Waals surface area contributed by atoms with E-state index >= 15 is 0 Å². The monoisotopic (exact) mass is 454 g/mol. The molecular weight excluding hydrogens is 432 g/mol. The second-order valence-corrected chi connectivity index (χ2v) is 7.98. The number of phenols is 1. The molecule has 0 bridgehead atoms. The van der Waals surface area contributed by atoms with E-state index in [2.05, 4.69) is 20.5 Å². The SMILES string of the molecule is C/C(=N/Nc1nc2c(c(=O)[nH]c(=O)n2C)n1Cc1cccc2ccccc12)c1ccccc1O. The third-order valence-electron chi connectivity index (χ3n) is 5.83. The normalized spacial score (nSPS) is 11.9. The van der Waals surface area contributed by atoms with Crippen LogP contribution in [0.3, 0.4) is 0 Å². The van der Waals surface area contributed by atoms with Crippen molar-refractivity contribution < 1.29 is 5.11 Å². The highest BCUT2D eigenvalue weighted by atomic mass is 16.3. The van der Waals surface area contributed by atoms with Gasteiger partial charge in [-0.3, -0.25) is 18.9 Å². The Labute approximate surface area is 193 Å². The lowest BCUT2D eigenvalue weighted by Crippen LogP contribution is -2.29. The van der Waals surface area contributed by atoms with Crippen molar-refractivity contribution in [2.75, 3.05) is 5.43 Å². The number of H-pyrrole nitrogens is 1. The molecule has 9 heteroatoms. The van der Waals surface area contributed by atoms with Gasteiger partial charge in [0.05, 0.1) is 12.3 Å². The number of para-hydroxylation sites is 1. The number of anilines is 1. The fourth-order valence-electron chi connectivity index (χ4n) is 4.05. The van der Waals surface area contributed by atoms with Crippen molar-refractivity contribution in [1.29, 1.82) is 0 Å². The summed E-state index contributed by atoms with van der Waals surface area (Å²) in [5.74, 6) is 0.401. The minimum Gasteiger partial charge on any atom is -0.507 e. The Balaban J connectivity index is 1.67. The van der Waals surface area contributed by atoms with Gasteiger partial charge in [-0.05, 0) is 35.4 Å². The first kappa shape index (κ1) is 21.2. The summed E-state index contributed by atoms with van der Waals surface area (Å²) in [4.78, 5) is 31.9. The molecule has 0 spiro atoms. The number of nitrogens with one attached hydrogen (secondary N) is 2. The van der Waals surface area contributed by atoms with Gasteiger partial charge in [0.25, 0.3) is 5.56 Å². The lowest BCUT2D eigenvalue weighted by Gasteiger charge is -2.11. The van der Waals surface area contributed by atoms with E-state index in [0.29, 0.717) is 23.8 Å². The van der Waals surface area contributed by atoms with Gasteiger partial charge in [-0.2, -0.15) is 10.1 Å². The van der Waals surface area contributed by atoms with Crippen LogP contribution in [-0.2, 0) is 13.6 Å². The van der Waals surface area contributed by atoms with Crippen LogP contribution in [0.2, 0.25) is 0 Å². The number of hydrogen-bond acceptors (Lipinski definition) is 6. The largest absolute Gasteiger partial charge is 0.507 e. The molecule has 3 aromatic carbocycles. The number of aromatic hydroxyl groups is 1. The molecule has 5 rings (SSSR count). The number of benzene rings is 3. The van der Waals surface area contributed by atoms with Crippen LogP contribution in [0.15, 0.2) is 81.4 Å². The molecule has 0 aliphatic carbocycles. The molecule has 0 amide bonds. The number of aryl methyl sites for hydroxylation is 1. The van der Waals surface area contributed by atoms with E-state index in [9.17, 15) is 14.7 Å². The summed E-state index contributed by atoms with van der Waals surface area (Å²) in [6.45, 7) is 2.08. The maximum absolute atomic E-state index is 12.8. The number of nitrogens with zero attached hydrogens (tertiary/aromatic N) is 4. The molecule has 0 fully saturated rings. The van der Waals surface area contributed by atoms with Gasteiger partial charge in [-0.1, -0.05) is 54.6 Å². The lowest BCUT2D eigenvalue weighted by molar-refractivity contribution is 0.474. The Kier molecular flexibility index (Phi) is 5.21. The van der Waals surface area contributed by atoms with Crippen LogP contribution in [0.5, 0.6) is 5.75 Å². The van der Waals surface area contributed by atoms with Crippen LogP contribution >= 0.6 is 0 Å². The van der Waals surface area contributed by atoms with Gasteiger partial charge in [-0.25, -0.2) is 10.2 Å². The molecule has 2 aromatic heterocycles. The summed E-state index contributed by atoms with van der Waals surface area (Å²) in [6.07, 6.45) is 0. The number of aromatic nitrogens is 4. The molecule has 3 N–H and O–H groups in total. The van der Waals surface area contributed by atoms with E-state index in [0.717, 1.165) is 16.3 Å². The lowest BCUT2D eigenvalue weighted by atomic mass is 10.0. The van der Waals surface area contributed by atoms with E-state index in [1.807, 2.05) is 42.5 Å². The van der Waals surface area contributed by atoms with Gasteiger partial charge >= 0.3 is 5.69 Å². The van der Waals surface area contributed by atoms with Crippen molar-refractivity contribution in [2.45, 2.75) is 13.5 Å². The summed E-state index contributed by atoms with van der Waals surface area (Å²) >= 11 is 0. The molecule has 170 valence electrons. The van der Waals surface area contributed by atoms with Crippen LogP contribution in [0.1, 0.15) is 18.1 Å². The van der Waals surface area contributed by atoms with E-state index < -0.39 is 11.2 Å². The Hall–Kier alpha value is -4.66. The highest BCUT2D eigenvalue weighted by Crippen LogP contribution is 2.24. The van der Waals surface area contributed by atoms with E-state index in [4.69, 9.17) is 0 Å². The number of imidazole rings is 1. The number of hydrogen-bond donors (Lipinski definition) is 3. The molecule has 0 aliphatic rings. The zero-order valence-corrected chi connectivity index (χ0v) is 18.6. The molecular formula is C25H22N6O3. The Morgan fingerprint density at radius 3 is 2.62 bits per heavy atom. The number of aromatic amines is 1. The molecule has 0 atom stereocenters. The van der Waals surface area contributed by atoms with Crippen molar-refractivity contribution in [1.82, 2.24) is 19.1 Å². The fourth-order valence-corrected chi connectivity index (χ4v) is 4.05. The van der Waals surface area contributed by atoms with E-state index in [-0.39, 0.29) is 16.9 Å². The summed E-state index contributed by atoms with van der Waals surface area (Å²) < 4.78 is 3.00. The molecule has 5 aromatic rings. The third kappa shape index (κ3) is 3.62. The zero-order chi connectivity index (χ0) is 23.8. The van der Waals surface area contributed by atoms with Gasteiger partial charge < -0.3 is 5.11 Å². The first-order valence-corrected chi connectivity index (χ1v) is 10.7. The van der Waals surface area contributed by atoms with Crippen LogP contribution in [0.4, 0.5) is 5.95 Å². The third-order valence-corrected chi connectivity index (χ3v) is 5.83. The van der Waals surface area contributed by atoms with Crippen molar-refractivity contribution in [2.24, 2.45) is 12.1 Å². The van der Waals surface area contributed by atoms with Gasteiger partial charge in [-0.15, -0.1) is 0 Å². The fraction of sp³-hybridized carbons (Fsp3) is 0.120. The average molecular weight is 454 g/mol. The molecule has 0 saturated carbocycles. The minimum absolute atomic E-state index is 0.105. The smallest absolute Gasteiger partial charge is 0.329 e. The van der Waals surface area contributed by atoms with Crippen molar-refractivity contribution >= 4 is 33.6 Å². The van der Waals surface area contributed by atoms with Gasteiger partial charge in [0, 0.05) is 12.6 Å². The summed E-state index contributed by atoms with van der Waals surface area (Å²) in [7, 11) is 1.55. The first-order valence-electron chi connectivity index (χ1n) is 10.7. The Morgan fingerprint density at radius 1 is 1.06 bits per heavy atom. The highest BCUT2D eigenvalue weighted by molar-refractivity contribution is 6.01. The van der Waals surface area contributed by atoms with Gasteiger partial charge in [0.1, 0.15) is 5.75 Å². The number of hydrazone groups is 1. The second-order valence-electron chi connectivity index (χ2n) is 7.98. The molecule has 0 unspecified atom stereocenters. The maximum atomic E-state index is 12.8. The van der Waals surface area contributed by atoms with Crippen LogP contribution < -0.4 is 16.7 Å². The van der Waals surface area contributed by atoms with E-state index in [1.54, 1.807) is 42.8 Å². The minimum atomic E-state index is -0.548. The molecule has 9 nitrogen and oxygen atoms in total. The Bertz CT molecular complexity index is 1690. The number of rotatable bonds is 5. The predicted octanol–water partition coefficient (Wildman–Crippen LogP) is 3.17. The average Bonchev–Trinajstić information content (AvgIpc) is 3.20. The summed E-state index contributed by atoms with van der Waals surface area (Å²) in [6, 6.07) is 20.8. The van der Waals surface area contributed by atoms with E-state index in [1.165, 1.54) is 4.57 Å². The van der Waals surface area contributed by atoms with Crippen molar-refractivity contribution in [3.63, 3.8) is 0 Å². The molecule has 0 saturated heterocycles. The number of fused-ring (bicyclic) bond motifs is 2. The maximum Gasteiger partial charge on any atom is 0.329 e. The van der Waals surface area contributed by atoms with Gasteiger partial charge in [0.15, 0.2) is 11.2 Å². The van der Waals surface area contributed by atoms with Crippen LogP contribution in [0, 0.1) is 0 Å². The molecule has 0 radical (unpaired) electrons.